The van der Waals surface area contributed by atoms with Crippen molar-refractivity contribution in [2.45, 2.75) is 24.5 Å². The molecule has 3 heterocycles. The summed E-state index contributed by atoms with van der Waals surface area (Å²) in [5, 5.41) is 0.576. The Balaban J connectivity index is 1.42. The maximum atomic E-state index is 14.0. The fourth-order valence-electron chi connectivity index (χ4n) is 4.85. The molecule has 1 aliphatic rings. The Morgan fingerprint density at radius 3 is 2.52 bits per heavy atom. The molecule has 9 heteroatoms. The van der Waals surface area contributed by atoms with E-state index in [9.17, 15) is 9.59 Å². The van der Waals surface area contributed by atoms with Crippen molar-refractivity contribution >= 4 is 46.7 Å². The van der Waals surface area contributed by atoms with Crippen molar-refractivity contribution in [3.05, 3.63) is 144 Å². The molecule has 5 aromatic rings. The highest BCUT2D eigenvalue weighted by Gasteiger charge is 2.33. The number of esters is 1. The van der Waals surface area contributed by atoms with Crippen LogP contribution in [0.5, 0.6) is 0 Å². The molecule has 1 unspecified atom stereocenters. The third-order valence-electron chi connectivity index (χ3n) is 6.93. The molecule has 0 saturated carbocycles. The molecule has 0 aliphatic carbocycles. The zero-order chi connectivity index (χ0) is 29.2. The standard InChI is InChI=1S/C33H25ClN2O4S2/c1-20-29(32(38)39-19-21-8-4-3-5-9-21)30(22-12-15-24(41-2)16-13-22)36-31(37)28(42-33(36)35-20)18-23-14-17-27(40-23)25-10-6-7-11-26(25)34/h3-18,30H,19H2,1-2H3. The van der Waals surface area contributed by atoms with Crippen molar-refractivity contribution in [3.63, 3.8) is 0 Å². The Labute approximate surface area is 255 Å². The van der Waals surface area contributed by atoms with Crippen molar-refractivity contribution in [1.82, 2.24) is 4.57 Å². The summed E-state index contributed by atoms with van der Waals surface area (Å²) in [6, 6.07) is 27.7. The van der Waals surface area contributed by atoms with Gasteiger partial charge in [0, 0.05) is 16.5 Å². The highest BCUT2D eigenvalue weighted by molar-refractivity contribution is 7.98. The molecule has 6 nitrogen and oxygen atoms in total. The molecule has 3 aromatic carbocycles. The molecule has 1 aliphatic heterocycles. The van der Waals surface area contributed by atoms with Gasteiger partial charge in [-0.25, -0.2) is 9.79 Å². The van der Waals surface area contributed by atoms with Gasteiger partial charge in [-0.1, -0.05) is 77.5 Å². The van der Waals surface area contributed by atoms with Crippen molar-refractivity contribution in [2.75, 3.05) is 6.26 Å². The summed E-state index contributed by atoms with van der Waals surface area (Å²) in [6.07, 6.45) is 3.70. The lowest BCUT2D eigenvalue weighted by Crippen LogP contribution is -2.39. The van der Waals surface area contributed by atoms with Crippen molar-refractivity contribution in [2.24, 2.45) is 4.99 Å². The van der Waals surface area contributed by atoms with Gasteiger partial charge in [0.2, 0.25) is 0 Å². The van der Waals surface area contributed by atoms with Gasteiger partial charge in [0.25, 0.3) is 5.56 Å². The lowest BCUT2D eigenvalue weighted by Gasteiger charge is -2.25. The van der Waals surface area contributed by atoms with Gasteiger partial charge in [0.1, 0.15) is 18.1 Å². The molecule has 6 rings (SSSR count). The van der Waals surface area contributed by atoms with Crippen LogP contribution in [0.2, 0.25) is 5.02 Å². The number of benzene rings is 3. The molecule has 0 amide bonds. The molecule has 1 atom stereocenters. The minimum Gasteiger partial charge on any atom is -0.457 e. The predicted molar refractivity (Wildman–Crippen MR) is 167 cm³/mol. The maximum absolute atomic E-state index is 14.0. The normalized spacial score (nSPS) is 14.9. The zero-order valence-electron chi connectivity index (χ0n) is 22.7. The third-order valence-corrected chi connectivity index (χ3v) is 8.98. The maximum Gasteiger partial charge on any atom is 0.338 e. The monoisotopic (exact) mass is 612 g/mol. The van der Waals surface area contributed by atoms with E-state index < -0.39 is 12.0 Å². The van der Waals surface area contributed by atoms with Crippen LogP contribution in [0.4, 0.5) is 0 Å². The summed E-state index contributed by atoms with van der Waals surface area (Å²) in [7, 11) is 0. The van der Waals surface area contributed by atoms with E-state index >= 15 is 0 Å². The molecule has 0 N–H and O–H groups in total. The van der Waals surface area contributed by atoms with Gasteiger partial charge >= 0.3 is 5.97 Å². The smallest absolute Gasteiger partial charge is 0.338 e. The van der Waals surface area contributed by atoms with E-state index in [4.69, 9.17) is 20.8 Å². The van der Waals surface area contributed by atoms with Crippen LogP contribution in [-0.4, -0.2) is 16.8 Å². The van der Waals surface area contributed by atoms with E-state index in [-0.39, 0.29) is 12.2 Å². The second-order valence-electron chi connectivity index (χ2n) is 9.60. The number of halogens is 1. The van der Waals surface area contributed by atoms with Gasteiger partial charge in [-0.15, -0.1) is 11.8 Å². The lowest BCUT2D eigenvalue weighted by molar-refractivity contribution is -0.140. The molecule has 0 radical (unpaired) electrons. The largest absolute Gasteiger partial charge is 0.457 e. The number of thiazole rings is 1. The van der Waals surface area contributed by atoms with Crippen molar-refractivity contribution in [3.8, 4) is 11.3 Å². The minimum absolute atomic E-state index is 0.116. The number of aromatic nitrogens is 1. The Hall–Kier alpha value is -4.11. The number of fused-ring (bicyclic) bond motifs is 1. The van der Waals surface area contributed by atoms with Gasteiger partial charge in [-0.05, 0) is 60.7 Å². The van der Waals surface area contributed by atoms with Crippen LogP contribution in [0.15, 0.2) is 121 Å². The summed E-state index contributed by atoms with van der Waals surface area (Å²) in [4.78, 5) is 33.8. The van der Waals surface area contributed by atoms with Crippen molar-refractivity contribution < 1.29 is 13.9 Å². The molecule has 0 saturated heterocycles. The first-order valence-corrected chi connectivity index (χ1v) is 15.6. The first kappa shape index (κ1) is 28.0. The fraction of sp³-hybridized carbons (Fsp3) is 0.121. The number of allylic oxidation sites excluding steroid dienone is 1. The molecule has 2 aromatic heterocycles. The zero-order valence-corrected chi connectivity index (χ0v) is 25.1. The van der Waals surface area contributed by atoms with Gasteiger partial charge in [-0.3, -0.25) is 9.36 Å². The van der Waals surface area contributed by atoms with E-state index in [1.807, 2.05) is 85.1 Å². The Morgan fingerprint density at radius 1 is 1.05 bits per heavy atom. The number of carbonyl (C=O) groups is 1. The molecule has 42 heavy (non-hydrogen) atoms. The number of hydrogen-bond donors (Lipinski definition) is 0. The number of nitrogens with zero attached hydrogens (tertiary/aromatic N) is 2. The average Bonchev–Trinajstić information content (AvgIpc) is 3.60. The van der Waals surface area contributed by atoms with E-state index in [1.165, 1.54) is 11.3 Å². The first-order valence-electron chi connectivity index (χ1n) is 13.1. The van der Waals surface area contributed by atoms with E-state index in [1.54, 1.807) is 41.5 Å². The van der Waals surface area contributed by atoms with Crippen molar-refractivity contribution in [1.29, 1.82) is 0 Å². The number of thioether (sulfide) groups is 1. The summed E-state index contributed by atoms with van der Waals surface area (Å²) >= 11 is 9.22. The average molecular weight is 613 g/mol. The molecular formula is C33H25ClN2O4S2. The SMILES string of the molecule is CSc1ccc(C2C(C(=O)OCc3ccccc3)=C(C)N=c3sc(=Cc4ccc(-c5ccccc5Cl)o4)c(=O)n32)cc1. The fourth-order valence-corrected chi connectivity index (χ4v) is 6.51. The number of carbonyl (C=O) groups excluding carboxylic acids is 1. The highest BCUT2D eigenvalue weighted by atomic mass is 35.5. The summed E-state index contributed by atoms with van der Waals surface area (Å²) in [5.41, 5.74) is 3.01. The summed E-state index contributed by atoms with van der Waals surface area (Å²) < 4.78 is 13.8. The van der Waals surface area contributed by atoms with Crippen LogP contribution in [0, 0.1) is 0 Å². The summed E-state index contributed by atoms with van der Waals surface area (Å²) in [5.74, 6) is 0.601. The predicted octanol–water partition coefficient (Wildman–Crippen LogP) is 6.61. The molecule has 0 bridgehead atoms. The van der Waals surface area contributed by atoms with Crippen LogP contribution in [0.25, 0.3) is 17.4 Å². The minimum atomic E-state index is -0.696. The van der Waals surface area contributed by atoms with Crippen LogP contribution < -0.4 is 14.9 Å². The Kier molecular flexibility index (Phi) is 8.02. The van der Waals surface area contributed by atoms with E-state index in [0.29, 0.717) is 37.1 Å². The molecule has 0 spiro atoms. The van der Waals surface area contributed by atoms with Crippen LogP contribution in [0.3, 0.4) is 0 Å². The van der Waals surface area contributed by atoms with E-state index in [0.717, 1.165) is 21.6 Å². The van der Waals surface area contributed by atoms with Crippen LogP contribution in [-0.2, 0) is 16.1 Å². The highest BCUT2D eigenvalue weighted by Crippen LogP contribution is 2.32. The quantitative estimate of drug-likeness (QED) is 0.153. The molecule has 210 valence electrons. The van der Waals surface area contributed by atoms with Crippen LogP contribution >= 0.6 is 34.7 Å². The van der Waals surface area contributed by atoms with Gasteiger partial charge in [-0.2, -0.15) is 0 Å². The van der Waals surface area contributed by atoms with Gasteiger partial charge < -0.3 is 9.15 Å². The first-order chi connectivity index (χ1) is 20.4. The van der Waals surface area contributed by atoms with Gasteiger partial charge in [0.05, 0.1) is 26.9 Å². The molecule has 0 fully saturated rings. The lowest BCUT2D eigenvalue weighted by atomic mass is 9.96. The van der Waals surface area contributed by atoms with Gasteiger partial charge in [0.15, 0.2) is 4.80 Å². The number of ether oxygens (including phenoxy) is 1. The number of rotatable bonds is 7. The Bertz CT molecular complexity index is 1990. The second kappa shape index (κ2) is 12.0. The second-order valence-corrected chi connectivity index (χ2v) is 11.9. The summed E-state index contributed by atoms with van der Waals surface area (Å²) in [6.45, 7) is 1.90. The van der Waals surface area contributed by atoms with Crippen LogP contribution in [0.1, 0.15) is 29.9 Å². The number of furan rings is 1. The van der Waals surface area contributed by atoms with E-state index in [2.05, 4.69) is 4.99 Å². The number of hydrogen-bond acceptors (Lipinski definition) is 7. The Morgan fingerprint density at radius 2 is 1.79 bits per heavy atom. The molecular weight excluding hydrogens is 588 g/mol. The third kappa shape index (κ3) is 5.53. The topological polar surface area (TPSA) is 73.8 Å².